The third kappa shape index (κ3) is 3.19. The number of carbonyl (C=O) groups is 1. The van der Waals surface area contributed by atoms with E-state index in [1.165, 1.54) is 11.7 Å². The van der Waals surface area contributed by atoms with Gasteiger partial charge in [0.15, 0.2) is 5.58 Å². The second kappa shape index (κ2) is 6.56. The van der Waals surface area contributed by atoms with Crippen molar-refractivity contribution in [3.05, 3.63) is 28.7 Å². The SMILES string of the molecule is COCC(N)C(=O)Nc1ccc2c(c1)oc(=O)n2C.Cl. The van der Waals surface area contributed by atoms with Crippen LogP contribution in [0.5, 0.6) is 0 Å². The number of methoxy groups -OCH3 is 1. The van der Waals surface area contributed by atoms with Crippen LogP contribution in [-0.2, 0) is 16.6 Å². The molecule has 2 rings (SSSR count). The molecule has 1 aromatic heterocycles. The highest BCUT2D eigenvalue weighted by Crippen LogP contribution is 2.17. The van der Waals surface area contributed by atoms with Crippen LogP contribution in [0.1, 0.15) is 0 Å². The van der Waals surface area contributed by atoms with Crippen LogP contribution in [-0.4, -0.2) is 30.2 Å². The van der Waals surface area contributed by atoms with Gasteiger partial charge in [-0.25, -0.2) is 4.79 Å². The van der Waals surface area contributed by atoms with Crippen molar-refractivity contribution in [2.24, 2.45) is 12.8 Å². The van der Waals surface area contributed by atoms with Gasteiger partial charge in [0.2, 0.25) is 5.91 Å². The maximum Gasteiger partial charge on any atom is 0.419 e. The molecule has 0 fully saturated rings. The number of hydrogen-bond donors (Lipinski definition) is 2. The van der Waals surface area contributed by atoms with Gasteiger partial charge >= 0.3 is 5.76 Å². The fourth-order valence-corrected chi connectivity index (χ4v) is 1.70. The van der Waals surface area contributed by atoms with E-state index >= 15 is 0 Å². The highest BCUT2D eigenvalue weighted by Gasteiger charge is 2.14. The summed E-state index contributed by atoms with van der Waals surface area (Å²) in [5, 5.41) is 2.63. The highest BCUT2D eigenvalue weighted by atomic mass is 35.5. The number of fused-ring (bicyclic) bond motifs is 1. The molecule has 0 aliphatic heterocycles. The van der Waals surface area contributed by atoms with Gasteiger partial charge in [-0.2, -0.15) is 0 Å². The zero-order valence-electron chi connectivity index (χ0n) is 11.1. The molecular formula is C12H16ClN3O4. The van der Waals surface area contributed by atoms with E-state index in [2.05, 4.69) is 5.32 Å². The van der Waals surface area contributed by atoms with Gasteiger partial charge < -0.3 is 20.2 Å². The summed E-state index contributed by atoms with van der Waals surface area (Å²) >= 11 is 0. The summed E-state index contributed by atoms with van der Waals surface area (Å²) in [5.41, 5.74) is 7.18. The number of rotatable bonds is 4. The highest BCUT2D eigenvalue weighted by molar-refractivity contribution is 5.96. The Morgan fingerprint density at radius 2 is 2.25 bits per heavy atom. The number of carbonyl (C=O) groups excluding carboxylic acids is 1. The number of hydrogen-bond acceptors (Lipinski definition) is 5. The molecule has 0 aliphatic rings. The van der Waals surface area contributed by atoms with Gasteiger partial charge in [0.1, 0.15) is 6.04 Å². The number of aryl methyl sites for hydroxylation is 1. The fourth-order valence-electron chi connectivity index (χ4n) is 1.70. The van der Waals surface area contributed by atoms with Crippen molar-refractivity contribution < 1.29 is 13.9 Å². The summed E-state index contributed by atoms with van der Waals surface area (Å²) in [7, 11) is 3.08. The number of aromatic nitrogens is 1. The minimum atomic E-state index is -0.747. The van der Waals surface area contributed by atoms with Crippen LogP contribution < -0.4 is 16.8 Å². The Balaban J connectivity index is 0.00000200. The molecule has 0 bridgehead atoms. The topological polar surface area (TPSA) is 99.5 Å². The van der Waals surface area contributed by atoms with E-state index in [9.17, 15) is 9.59 Å². The minimum Gasteiger partial charge on any atom is -0.408 e. The molecule has 0 saturated heterocycles. The van der Waals surface area contributed by atoms with Gasteiger partial charge in [-0.15, -0.1) is 12.4 Å². The molecule has 0 saturated carbocycles. The molecule has 1 atom stereocenters. The largest absolute Gasteiger partial charge is 0.419 e. The number of halogens is 1. The average molecular weight is 302 g/mol. The predicted molar refractivity (Wildman–Crippen MR) is 77.2 cm³/mol. The van der Waals surface area contributed by atoms with Gasteiger partial charge in [0.05, 0.1) is 12.1 Å². The lowest BCUT2D eigenvalue weighted by atomic mass is 10.2. The molecule has 0 aliphatic carbocycles. The van der Waals surface area contributed by atoms with Crippen LogP contribution in [0.4, 0.5) is 5.69 Å². The molecule has 0 spiro atoms. The van der Waals surface area contributed by atoms with Crippen LogP contribution in [0.15, 0.2) is 27.4 Å². The number of amides is 1. The van der Waals surface area contributed by atoms with Crippen molar-refractivity contribution in [2.45, 2.75) is 6.04 Å². The first-order chi connectivity index (χ1) is 9.02. The molecule has 1 aromatic carbocycles. The zero-order valence-corrected chi connectivity index (χ0v) is 11.9. The summed E-state index contributed by atoms with van der Waals surface area (Å²) < 4.78 is 11.2. The fraction of sp³-hybridized carbons (Fsp3) is 0.333. The summed E-state index contributed by atoms with van der Waals surface area (Å²) in [6.45, 7) is 0.133. The van der Waals surface area contributed by atoms with E-state index in [0.29, 0.717) is 16.8 Å². The van der Waals surface area contributed by atoms with Crippen LogP contribution in [0.2, 0.25) is 0 Å². The van der Waals surface area contributed by atoms with Crippen molar-refractivity contribution in [1.82, 2.24) is 4.57 Å². The lowest BCUT2D eigenvalue weighted by Crippen LogP contribution is -2.39. The van der Waals surface area contributed by atoms with Crippen molar-refractivity contribution in [2.75, 3.05) is 19.0 Å². The first-order valence-electron chi connectivity index (χ1n) is 5.68. The molecule has 1 heterocycles. The van der Waals surface area contributed by atoms with E-state index in [1.54, 1.807) is 25.2 Å². The zero-order chi connectivity index (χ0) is 14.0. The average Bonchev–Trinajstić information content (AvgIpc) is 2.65. The quantitative estimate of drug-likeness (QED) is 0.855. The van der Waals surface area contributed by atoms with E-state index in [-0.39, 0.29) is 24.9 Å². The summed E-state index contributed by atoms with van der Waals surface area (Å²) in [4.78, 5) is 23.0. The van der Waals surface area contributed by atoms with Crippen LogP contribution >= 0.6 is 12.4 Å². The van der Waals surface area contributed by atoms with Gasteiger partial charge in [-0.05, 0) is 12.1 Å². The van der Waals surface area contributed by atoms with Crippen LogP contribution in [0, 0.1) is 0 Å². The number of nitrogens with zero attached hydrogens (tertiary/aromatic N) is 1. The molecule has 110 valence electrons. The van der Waals surface area contributed by atoms with Gasteiger partial charge in [-0.1, -0.05) is 0 Å². The molecule has 7 nitrogen and oxygen atoms in total. The number of nitrogens with two attached hydrogens (primary N) is 1. The van der Waals surface area contributed by atoms with E-state index in [0.717, 1.165) is 0 Å². The summed E-state index contributed by atoms with van der Waals surface area (Å²) in [6, 6.07) is 4.20. The van der Waals surface area contributed by atoms with Gasteiger partial charge in [0.25, 0.3) is 0 Å². The molecule has 3 N–H and O–H groups in total. The number of nitrogens with one attached hydrogen (secondary N) is 1. The number of ether oxygens (including phenoxy) is 1. The smallest absolute Gasteiger partial charge is 0.408 e. The first kappa shape index (κ1) is 16.2. The Labute approximate surface area is 121 Å². The Kier molecular flexibility index (Phi) is 5.32. The molecule has 8 heteroatoms. The van der Waals surface area contributed by atoms with Crippen LogP contribution in [0.25, 0.3) is 11.1 Å². The Hall–Kier alpha value is -1.83. The Bertz CT molecular complexity index is 664. The molecule has 1 amide bonds. The van der Waals surface area contributed by atoms with E-state index < -0.39 is 11.8 Å². The maximum absolute atomic E-state index is 11.7. The van der Waals surface area contributed by atoms with E-state index in [4.69, 9.17) is 14.9 Å². The molecule has 2 aromatic rings. The lowest BCUT2D eigenvalue weighted by Gasteiger charge is -2.10. The summed E-state index contributed by atoms with van der Waals surface area (Å²) in [5.74, 6) is -0.811. The first-order valence-corrected chi connectivity index (χ1v) is 5.68. The van der Waals surface area contributed by atoms with Gasteiger partial charge in [0, 0.05) is 25.9 Å². The standard InChI is InChI=1S/C12H15N3O4.ClH/c1-15-9-4-3-7(5-10(9)19-12(15)17)14-11(16)8(13)6-18-2;/h3-5,8H,6,13H2,1-2H3,(H,14,16);1H. The predicted octanol–water partition coefficient (Wildman–Crippen LogP) is 0.466. The second-order valence-electron chi connectivity index (χ2n) is 4.16. The number of benzene rings is 1. The molecule has 0 radical (unpaired) electrons. The van der Waals surface area contributed by atoms with Crippen molar-refractivity contribution in [3.63, 3.8) is 0 Å². The van der Waals surface area contributed by atoms with Crippen molar-refractivity contribution in [1.29, 1.82) is 0 Å². The Morgan fingerprint density at radius 1 is 1.55 bits per heavy atom. The minimum absolute atomic E-state index is 0. The van der Waals surface area contributed by atoms with Gasteiger partial charge in [-0.3, -0.25) is 9.36 Å². The normalized spacial score (nSPS) is 11.9. The van der Waals surface area contributed by atoms with Crippen molar-refractivity contribution >= 4 is 35.1 Å². The van der Waals surface area contributed by atoms with E-state index in [1.807, 2.05) is 0 Å². The molecular weight excluding hydrogens is 286 g/mol. The van der Waals surface area contributed by atoms with Crippen molar-refractivity contribution in [3.8, 4) is 0 Å². The maximum atomic E-state index is 11.7. The third-order valence-electron chi connectivity index (χ3n) is 2.74. The lowest BCUT2D eigenvalue weighted by molar-refractivity contribution is -0.118. The number of oxazole rings is 1. The Morgan fingerprint density at radius 3 is 2.90 bits per heavy atom. The second-order valence-corrected chi connectivity index (χ2v) is 4.16. The van der Waals surface area contributed by atoms with Crippen LogP contribution in [0.3, 0.4) is 0 Å². The third-order valence-corrected chi connectivity index (χ3v) is 2.74. The molecule has 1 unspecified atom stereocenters. The number of anilines is 1. The molecule has 20 heavy (non-hydrogen) atoms. The summed E-state index contributed by atoms with van der Waals surface area (Å²) in [6.07, 6.45) is 0. The monoisotopic (exact) mass is 301 g/mol.